The zero-order valence-electron chi connectivity index (χ0n) is 18.2. The molecule has 0 aromatic heterocycles. The molecule has 1 aliphatic carbocycles. The maximum Gasteiger partial charge on any atom is 0.269 e. The molecule has 174 valence electrons. The normalized spacial score (nSPS) is 19.1. The van der Waals surface area contributed by atoms with Gasteiger partial charge in [-0.2, -0.15) is 0 Å². The first-order valence-corrected chi connectivity index (χ1v) is 11.1. The highest BCUT2D eigenvalue weighted by molar-refractivity contribution is 5.99. The van der Waals surface area contributed by atoms with Crippen molar-refractivity contribution in [1.82, 2.24) is 4.90 Å². The molecule has 7 nitrogen and oxygen atoms in total. The number of non-ortho nitro benzene ring substituents is 1. The number of nitro groups is 1. The van der Waals surface area contributed by atoms with Crippen molar-refractivity contribution in [2.45, 2.75) is 31.5 Å². The van der Waals surface area contributed by atoms with Crippen LogP contribution in [0.4, 0.5) is 10.1 Å². The van der Waals surface area contributed by atoms with E-state index in [0.717, 1.165) is 5.56 Å². The van der Waals surface area contributed by atoms with Gasteiger partial charge >= 0.3 is 0 Å². The van der Waals surface area contributed by atoms with Gasteiger partial charge in [-0.05, 0) is 53.3 Å². The van der Waals surface area contributed by atoms with Crippen LogP contribution in [0.1, 0.15) is 57.6 Å². The molecular weight excluding hydrogens is 439 g/mol. The van der Waals surface area contributed by atoms with E-state index in [-0.39, 0.29) is 24.7 Å². The van der Waals surface area contributed by atoms with Crippen LogP contribution in [0.3, 0.4) is 0 Å². The molecule has 3 aromatic rings. The number of aliphatic hydroxyl groups excluding tert-OH is 2. The molecular formula is C26H23FN2O5. The summed E-state index contributed by atoms with van der Waals surface area (Å²) in [6.45, 7) is -0.0367. The third-order valence-electron chi connectivity index (χ3n) is 6.98. The molecule has 2 N–H and O–H groups in total. The third kappa shape index (κ3) is 3.65. The number of hydrogen-bond donors (Lipinski definition) is 2. The molecule has 1 saturated carbocycles. The van der Waals surface area contributed by atoms with Crippen LogP contribution in [0.25, 0.3) is 0 Å². The van der Waals surface area contributed by atoms with Gasteiger partial charge in [0, 0.05) is 29.7 Å². The summed E-state index contributed by atoms with van der Waals surface area (Å²) in [5.41, 5.74) is 2.16. The Morgan fingerprint density at radius 3 is 2.44 bits per heavy atom. The number of benzene rings is 3. The molecule has 1 fully saturated rings. The van der Waals surface area contributed by atoms with Gasteiger partial charge in [-0.25, -0.2) is 4.39 Å². The zero-order chi connectivity index (χ0) is 24.0. The van der Waals surface area contributed by atoms with Crippen molar-refractivity contribution >= 4 is 11.6 Å². The maximum atomic E-state index is 14.3. The molecule has 8 heteroatoms. The standard InChI is InChI=1S/C26H23FN2O5/c27-17-7-10-20(22(13-17)24(31)26(15-30)11-12-26)23-19-3-1-2-4-21(19)25(32)28(23)14-16-5-8-18(9-6-16)29(33)34/h1-10,13,23-24,30-31H,11-12,14-15H2. The first kappa shape index (κ1) is 22.2. The Morgan fingerprint density at radius 1 is 1.09 bits per heavy atom. The van der Waals surface area contributed by atoms with Crippen molar-refractivity contribution in [1.29, 1.82) is 0 Å². The molecule has 3 aromatic carbocycles. The monoisotopic (exact) mass is 462 g/mol. The summed E-state index contributed by atoms with van der Waals surface area (Å²) in [5, 5.41) is 32.0. The summed E-state index contributed by atoms with van der Waals surface area (Å²) < 4.78 is 14.3. The second kappa shape index (κ2) is 8.30. The Hall–Kier alpha value is -3.62. The van der Waals surface area contributed by atoms with Gasteiger partial charge in [0.15, 0.2) is 0 Å². The fourth-order valence-corrected chi connectivity index (χ4v) is 4.83. The summed E-state index contributed by atoms with van der Waals surface area (Å²) in [6.07, 6.45) is 0.188. The Balaban J connectivity index is 1.59. The molecule has 0 bridgehead atoms. The number of halogens is 1. The van der Waals surface area contributed by atoms with Gasteiger partial charge in [0.1, 0.15) is 5.82 Å². The molecule has 34 heavy (non-hydrogen) atoms. The lowest BCUT2D eigenvalue weighted by atomic mass is 9.86. The van der Waals surface area contributed by atoms with E-state index >= 15 is 0 Å². The number of hydrogen-bond acceptors (Lipinski definition) is 5. The number of carbonyl (C=O) groups excluding carboxylic acids is 1. The number of nitrogens with zero attached hydrogens (tertiary/aromatic N) is 2. The number of amides is 1. The Bertz CT molecular complexity index is 1270. The van der Waals surface area contributed by atoms with Crippen molar-refractivity contribution < 1.29 is 24.3 Å². The summed E-state index contributed by atoms with van der Waals surface area (Å²) in [5.74, 6) is -0.724. The van der Waals surface area contributed by atoms with E-state index in [1.165, 1.54) is 24.3 Å². The van der Waals surface area contributed by atoms with Crippen LogP contribution in [-0.4, -0.2) is 32.6 Å². The van der Waals surface area contributed by atoms with E-state index in [4.69, 9.17) is 0 Å². The van der Waals surface area contributed by atoms with Crippen LogP contribution in [0.15, 0.2) is 66.7 Å². The van der Waals surface area contributed by atoms with Crippen LogP contribution in [0.5, 0.6) is 0 Å². The van der Waals surface area contributed by atoms with E-state index in [1.807, 2.05) is 12.1 Å². The second-order valence-electron chi connectivity index (χ2n) is 9.04. The lowest BCUT2D eigenvalue weighted by Gasteiger charge is -2.30. The van der Waals surface area contributed by atoms with Gasteiger partial charge in [-0.1, -0.05) is 36.4 Å². The van der Waals surface area contributed by atoms with Crippen LogP contribution >= 0.6 is 0 Å². The molecule has 0 saturated heterocycles. The van der Waals surface area contributed by atoms with E-state index in [2.05, 4.69) is 0 Å². The SMILES string of the molecule is O=C1c2ccccc2C(c2ccc(F)cc2C(O)C2(CO)CC2)N1Cc1ccc([N+](=O)[O-])cc1. The minimum absolute atomic E-state index is 0.0426. The molecule has 2 aliphatic rings. The van der Waals surface area contributed by atoms with Crippen LogP contribution in [0, 0.1) is 21.3 Å². The van der Waals surface area contributed by atoms with Crippen LogP contribution < -0.4 is 0 Å². The Labute approximate surface area is 195 Å². The van der Waals surface area contributed by atoms with E-state index in [0.29, 0.717) is 35.1 Å². The number of carbonyl (C=O) groups is 1. The third-order valence-corrected chi connectivity index (χ3v) is 6.98. The molecule has 0 spiro atoms. The lowest BCUT2D eigenvalue weighted by molar-refractivity contribution is -0.384. The van der Waals surface area contributed by atoms with E-state index in [1.54, 1.807) is 35.2 Å². The summed E-state index contributed by atoms with van der Waals surface area (Å²) in [4.78, 5) is 25.6. The van der Waals surface area contributed by atoms with Gasteiger partial charge in [0.25, 0.3) is 11.6 Å². The van der Waals surface area contributed by atoms with Gasteiger partial charge in [0.2, 0.25) is 0 Å². The number of nitro benzene ring substituents is 1. The molecule has 2 unspecified atom stereocenters. The molecule has 1 heterocycles. The van der Waals surface area contributed by atoms with Crippen molar-refractivity contribution in [2.75, 3.05) is 6.61 Å². The van der Waals surface area contributed by atoms with Crippen molar-refractivity contribution in [3.05, 3.63) is 110 Å². The first-order valence-electron chi connectivity index (χ1n) is 11.1. The Morgan fingerprint density at radius 2 is 1.79 bits per heavy atom. The molecule has 0 radical (unpaired) electrons. The predicted octanol–water partition coefficient (Wildman–Crippen LogP) is 4.29. The van der Waals surface area contributed by atoms with Crippen LogP contribution in [-0.2, 0) is 6.54 Å². The smallest absolute Gasteiger partial charge is 0.269 e. The fraction of sp³-hybridized carbons (Fsp3) is 0.269. The Kier molecular flexibility index (Phi) is 5.42. The highest BCUT2D eigenvalue weighted by Gasteiger charge is 2.50. The fourth-order valence-electron chi connectivity index (χ4n) is 4.83. The quantitative estimate of drug-likeness (QED) is 0.403. The molecule has 1 aliphatic heterocycles. The predicted molar refractivity (Wildman–Crippen MR) is 121 cm³/mol. The minimum atomic E-state index is -1.08. The zero-order valence-corrected chi connectivity index (χ0v) is 18.2. The largest absolute Gasteiger partial charge is 0.396 e. The molecule has 2 atom stereocenters. The summed E-state index contributed by atoms with van der Waals surface area (Å²) in [6, 6.07) is 16.8. The summed E-state index contributed by atoms with van der Waals surface area (Å²) >= 11 is 0. The van der Waals surface area contributed by atoms with Gasteiger partial charge in [-0.3, -0.25) is 14.9 Å². The van der Waals surface area contributed by atoms with Gasteiger partial charge in [-0.15, -0.1) is 0 Å². The molecule has 1 amide bonds. The maximum absolute atomic E-state index is 14.3. The summed E-state index contributed by atoms with van der Waals surface area (Å²) in [7, 11) is 0. The number of aliphatic hydroxyl groups is 2. The molecule has 5 rings (SSSR count). The number of rotatable bonds is 7. The van der Waals surface area contributed by atoms with Crippen molar-refractivity contribution in [3.63, 3.8) is 0 Å². The van der Waals surface area contributed by atoms with Crippen LogP contribution in [0.2, 0.25) is 0 Å². The highest BCUT2D eigenvalue weighted by Crippen LogP contribution is 2.56. The number of fused-ring (bicyclic) bond motifs is 1. The lowest BCUT2D eigenvalue weighted by Crippen LogP contribution is -2.30. The highest BCUT2D eigenvalue weighted by atomic mass is 19.1. The topological polar surface area (TPSA) is 104 Å². The average Bonchev–Trinajstić information content (AvgIpc) is 3.60. The van der Waals surface area contributed by atoms with E-state index in [9.17, 15) is 29.5 Å². The second-order valence-corrected chi connectivity index (χ2v) is 9.04. The van der Waals surface area contributed by atoms with Crippen molar-refractivity contribution in [2.24, 2.45) is 5.41 Å². The average molecular weight is 462 g/mol. The van der Waals surface area contributed by atoms with Gasteiger partial charge < -0.3 is 15.1 Å². The first-order chi connectivity index (χ1) is 16.3. The van der Waals surface area contributed by atoms with Crippen molar-refractivity contribution in [3.8, 4) is 0 Å². The minimum Gasteiger partial charge on any atom is -0.396 e. The van der Waals surface area contributed by atoms with Gasteiger partial charge in [0.05, 0.1) is 23.7 Å². The van der Waals surface area contributed by atoms with E-state index < -0.39 is 28.3 Å².